The van der Waals surface area contributed by atoms with Gasteiger partial charge in [-0.05, 0) is 18.2 Å². The second-order valence-corrected chi connectivity index (χ2v) is 3.51. The monoisotopic (exact) mass is 190 g/mol. The second kappa shape index (κ2) is 4.05. The number of carbonyl (C=O) groups excluding carboxylic acids is 1. The van der Waals surface area contributed by atoms with Gasteiger partial charge < -0.3 is 11.1 Å². The van der Waals surface area contributed by atoms with E-state index in [4.69, 9.17) is 11.1 Å². The quantitative estimate of drug-likeness (QED) is 0.435. The molecule has 0 aliphatic rings. The largest absolute Gasteiger partial charge is 0.398 e. The van der Waals surface area contributed by atoms with Crippen molar-refractivity contribution in [3.8, 4) is 0 Å². The highest BCUT2D eigenvalue weighted by molar-refractivity contribution is 6.00. The molecule has 3 heteroatoms. The summed E-state index contributed by atoms with van der Waals surface area (Å²) in [5.41, 5.74) is 7.35. The van der Waals surface area contributed by atoms with Crippen LogP contribution in [0.25, 0.3) is 0 Å². The first-order chi connectivity index (χ1) is 6.56. The Bertz CT molecular complexity index is 370. The average molecular weight is 190 g/mol. The summed E-state index contributed by atoms with van der Waals surface area (Å²) in [5.74, 6) is 0.0466. The zero-order chi connectivity index (χ0) is 10.7. The fourth-order valence-electron chi connectivity index (χ4n) is 1.19. The Kier molecular flexibility index (Phi) is 3.02. The molecule has 1 aromatic rings. The molecular formula is C11H14N2O. The Labute approximate surface area is 83.4 Å². The van der Waals surface area contributed by atoms with Crippen LogP contribution in [0.5, 0.6) is 0 Å². The van der Waals surface area contributed by atoms with Gasteiger partial charge in [-0.1, -0.05) is 13.8 Å². The summed E-state index contributed by atoms with van der Waals surface area (Å²) in [6.45, 7) is 3.70. The van der Waals surface area contributed by atoms with E-state index in [1.165, 1.54) is 0 Å². The molecule has 0 aliphatic carbocycles. The van der Waals surface area contributed by atoms with Crippen LogP contribution >= 0.6 is 0 Å². The molecule has 0 spiro atoms. The van der Waals surface area contributed by atoms with Crippen LogP contribution in [-0.4, -0.2) is 12.0 Å². The van der Waals surface area contributed by atoms with Crippen molar-refractivity contribution in [1.82, 2.24) is 0 Å². The summed E-state index contributed by atoms with van der Waals surface area (Å²) >= 11 is 0. The van der Waals surface area contributed by atoms with Gasteiger partial charge in [0.05, 0.1) is 0 Å². The van der Waals surface area contributed by atoms with Crippen molar-refractivity contribution >= 4 is 17.7 Å². The van der Waals surface area contributed by atoms with Gasteiger partial charge in [0, 0.05) is 28.9 Å². The van der Waals surface area contributed by atoms with Gasteiger partial charge in [0.2, 0.25) is 0 Å². The number of benzene rings is 1. The topological polar surface area (TPSA) is 66.9 Å². The van der Waals surface area contributed by atoms with E-state index in [9.17, 15) is 4.79 Å². The van der Waals surface area contributed by atoms with Crippen LogP contribution in [0.2, 0.25) is 0 Å². The van der Waals surface area contributed by atoms with E-state index in [1.807, 2.05) is 13.8 Å². The van der Waals surface area contributed by atoms with Crippen molar-refractivity contribution in [2.45, 2.75) is 13.8 Å². The van der Waals surface area contributed by atoms with E-state index in [2.05, 4.69) is 0 Å². The number of Topliss-reactive ketones (excluding diaryl/α,β-unsaturated/α-hetero) is 1. The van der Waals surface area contributed by atoms with Gasteiger partial charge in [-0.2, -0.15) is 0 Å². The van der Waals surface area contributed by atoms with Gasteiger partial charge in [0.25, 0.3) is 0 Å². The third-order valence-corrected chi connectivity index (χ3v) is 2.05. The van der Waals surface area contributed by atoms with E-state index in [-0.39, 0.29) is 11.7 Å². The minimum Gasteiger partial charge on any atom is -0.398 e. The van der Waals surface area contributed by atoms with E-state index < -0.39 is 0 Å². The number of nitrogen functional groups attached to an aromatic ring is 1. The van der Waals surface area contributed by atoms with Gasteiger partial charge in [0.15, 0.2) is 5.78 Å². The number of hydrogen-bond donors (Lipinski definition) is 2. The smallest absolute Gasteiger partial charge is 0.165 e. The first kappa shape index (κ1) is 10.4. The van der Waals surface area contributed by atoms with Crippen LogP contribution in [0.3, 0.4) is 0 Å². The average Bonchev–Trinajstić information content (AvgIpc) is 2.17. The molecule has 0 aliphatic heterocycles. The maximum absolute atomic E-state index is 11.6. The Morgan fingerprint density at radius 1 is 1.50 bits per heavy atom. The zero-order valence-electron chi connectivity index (χ0n) is 8.37. The predicted molar refractivity (Wildman–Crippen MR) is 57.9 cm³/mol. The highest BCUT2D eigenvalue weighted by Crippen LogP contribution is 2.15. The molecule has 0 unspecified atom stereocenters. The highest BCUT2D eigenvalue weighted by Gasteiger charge is 2.11. The molecule has 0 fully saturated rings. The molecule has 0 saturated carbocycles. The molecule has 0 heterocycles. The summed E-state index contributed by atoms with van der Waals surface area (Å²) in [6, 6.07) is 5.02. The number of nitrogens with one attached hydrogen (secondary N) is 1. The summed E-state index contributed by atoms with van der Waals surface area (Å²) in [7, 11) is 0. The SMILES string of the molecule is CC(C)C(=O)c1ccc(N)c(C=N)c1. The van der Waals surface area contributed by atoms with Crippen LogP contribution < -0.4 is 5.73 Å². The molecule has 0 radical (unpaired) electrons. The van der Waals surface area contributed by atoms with Crippen molar-refractivity contribution in [3.63, 3.8) is 0 Å². The third kappa shape index (κ3) is 1.99. The predicted octanol–water partition coefficient (Wildman–Crippen LogP) is 2.11. The van der Waals surface area contributed by atoms with Crippen LogP contribution in [0.15, 0.2) is 18.2 Å². The number of anilines is 1. The lowest BCUT2D eigenvalue weighted by Gasteiger charge is -2.06. The molecule has 1 rings (SSSR count). The van der Waals surface area contributed by atoms with Gasteiger partial charge in [-0.15, -0.1) is 0 Å². The maximum Gasteiger partial charge on any atom is 0.165 e. The fraction of sp³-hybridized carbons (Fsp3) is 0.273. The van der Waals surface area contributed by atoms with Crippen LogP contribution in [0.1, 0.15) is 29.8 Å². The van der Waals surface area contributed by atoms with E-state index in [0.29, 0.717) is 16.8 Å². The van der Waals surface area contributed by atoms with Gasteiger partial charge >= 0.3 is 0 Å². The van der Waals surface area contributed by atoms with Crippen LogP contribution in [0.4, 0.5) is 5.69 Å². The van der Waals surface area contributed by atoms with Crippen LogP contribution in [0, 0.1) is 11.3 Å². The molecule has 0 bridgehead atoms. The Hall–Kier alpha value is -1.64. The lowest BCUT2D eigenvalue weighted by molar-refractivity contribution is 0.0939. The van der Waals surface area contributed by atoms with Crippen LogP contribution in [-0.2, 0) is 0 Å². The number of carbonyl (C=O) groups is 1. The summed E-state index contributed by atoms with van der Waals surface area (Å²) in [4.78, 5) is 11.6. The molecule has 74 valence electrons. The van der Waals surface area contributed by atoms with Gasteiger partial charge in [-0.3, -0.25) is 4.79 Å². The highest BCUT2D eigenvalue weighted by atomic mass is 16.1. The fourth-order valence-corrected chi connectivity index (χ4v) is 1.19. The number of rotatable bonds is 3. The molecular weight excluding hydrogens is 176 g/mol. The Morgan fingerprint density at radius 3 is 2.64 bits per heavy atom. The van der Waals surface area contributed by atoms with E-state index >= 15 is 0 Å². The number of ketones is 1. The molecule has 1 aromatic carbocycles. The molecule has 3 N–H and O–H groups in total. The molecule has 0 atom stereocenters. The lowest BCUT2D eigenvalue weighted by atomic mass is 9.99. The third-order valence-electron chi connectivity index (χ3n) is 2.05. The minimum absolute atomic E-state index is 0.0304. The molecule has 0 amide bonds. The first-order valence-corrected chi connectivity index (χ1v) is 4.50. The van der Waals surface area contributed by atoms with Crippen molar-refractivity contribution in [1.29, 1.82) is 5.41 Å². The second-order valence-electron chi connectivity index (χ2n) is 3.51. The standard InChI is InChI=1S/C11H14N2O/c1-7(2)11(14)8-3-4-10(13)9(5-8)6-12/h3-7,12H,13H2,1-2H3. The molecule has 0 aromatic heterocycles. The lowest BCUT2D eigenvalue weighted by Crippen LogP contribution is -2.08. The molecule has 0 saturated heterocycles. The first-order valence-electron chi connectivity index (χ1n) is 4.50. The van der Waals surface area contributed by atoms with E-state index in [1.54, 1.807) is 18.2 Å². The summed E-state index contributed by atoms with van der Waals surface area (Å²) in [5, 5.41) is 7.11. The van der Waals surface area contributed by atoms with Crippen molar-refractivity contribution in [2.75, 3.05) is 5.73 Å². The number of hydrogen-bond acceptors (Lipinski definition) is 3. The zero-order valence-corrected chi connectivity index (χ0v) is 8.37. The maximum atomic E-state index is 11.6. The van der Waals surface area contributed by atoms with Crippen molar-refractivity contribution in [3.05, 3.63) is 29.3 Å². The van der Waals surface area contributed by atoms with E-state index in [0.717, 1.165) is 6.21 Å². The Balaban J connectivity index is 3.12. The normalized spacial score (nSPS) is 10.2. The Morgan fingerprint density at radius 2 is 2.14 bits per heavy atom. The molecule has 3 nitrogen and oxygen atoms in total. The number of nitrogens with two attached hydrogens (primary N) is 1. The minimum atomic E-state index is -0.0304. The summed E-state index contributed by atoms with van der Waals surface area (Å²) < 4.78 is 0. The molecule has 14 heavy (non-hydrogen) atoms. The van der Waals surface area contributed by atoms with Crippen molar-refractivity contribution in [2.24, 2.45) is 5.92 Å². The van der Waals surface area contributed by atoms with Gasteiger partial charge in [-0.25, -0.2) is 0 Å². The summed E-state index contributed by atoms with van der Waals surface area (Å²) in [6.07, 6.45) is 1.16. The van der Waals surface area contributed by atoms with Gasteiger partial charge in [0.1, 0.15) is 0 Å². The van der Waals surface area contributed by atoms with Crippen molar-refractivity contribution < 1.29 is 4.79 Å².